The van der Waals surface area contributed by atoms with Gasteiger partial charge < -0.3 is 10.8 Å². The SMILES string of the molecule is C=CCc1cccc(C[C@@H](N)C(=O)O)c1. The van der Waals surface area contributed by atoms with Crippen molar-refractivity contribution >= 4 is 5.97 Å². The number of allylic oxidation sites excluding steroid dienone is 1. The highest BCUT2D eigenvalue weighted by atomic mass is 16.4. The van der Waals surface area contributed by atoms with Gasteiger partial charge in [0.05, 0.1) is 0 Å². The first kappa shape index (κ1) is 11.5. The molecular formula is C12H15NO2. The molecule has 0 heterocycles. The Hall–Kier alpha value is -1.61. The zero-order valence-electron chi connectivity index (χ0n) is 8.52. The molecule has 0 aromatic heterocycles. The fraction of sp³-hybridized carbons (Fsp3) is 0.250. The molecule has 0 radical (unpaired) electrons. The minimum atomic E-state index is -0.968. The first-order chi connectivity index (χ1) is 7.13. The molecule has 3 N–H and O–H groups in total. The summed E-state index contributed by atoms with van der Waals surface area (Å²) in [6.07, 6.45) is 2.96. The molecule has 15 heavy (non-hydrogen) atoms. The number of benzene rings is 1. The fourth-order valence-electron chi connectivity index (χ4n) is 1.39. The molecule has 0 aliphatic rings. The molecule has 0 fully saturated rings. The van der Waals surface area contributed by atoms with E-state index in [9.17, 15) is 4.79 Å². The zero-order valence-corrected chi connectivity index (χ0v) is 8.52. The van der Waals surface area contributed by atoms with Crippen LogP contribution in [-0.2, 0) is 17.6 Å². The van der Waals surface area contributed by atoms with Gasteiger partial charge in [0, 0.05) is 0 Å². The van der Waals surface area contributed by atoms with Crippen molar-refractivity contribution in [3.63, 3.8) is 0 Å². The van der Waals surface area contributed by atoms with Crippen LogP contribution in [0.2, 0.25) is 0 Å². The Morgan fingerprint density at radius 2 is 2.20 bits per heavy atom. The summed E-state index contributed by atoms with van der Waals surface area (Å²) in [5.74, 6) is -0.968. The summed E-state index contributed by atoms with van der Waals surface area (Å²) >= 11 is 0. The molecule has 0 saturated heterocycles. The Morgan fingerprint density at radius 3 is 2.80 bits per heavy atom. The molecule has 0 amide bonds. The number of hydrogen-bond donors (Lipinski definition) is 2. The first-order valence-corrected chi connectivity index (χ1v) is 4.80. The summed E-state index contributed by atoms with van der Waals surface area (Å²) in [5, 5.41) is 8.67. The average molecular weight is 205 g/mol. The topological polar surface area (TPSA) is 63.3 Å². The van der Waals surface area contributed by atoms with E-state index in [2.05, 4.69) is 6.58 Å². The Kier molecular flexibility index (Phi) is 4.06. The van der Waals surface area contributed by atoms with E-state index >= 15 is 0 Å². The van der Waals surface area contributed by atoms with Gasteiger partial charge in [-0.3, -0.25) is 4.79 Å². The summed E-state index contributed by atoms with van der Waals surface area (Å²) in [5.41, 5.74) is 7.53. The predicted octanol–water partition coefficient (Wildman–Crippen LogP) is 1.37. The van der Waals surface area contributed by atoms with Crippen LogP contribution in [0.4, 0.5) is 0 Å². The van der Waals surface area contributed by atoms with Crippen molar-refractivity contribution in [2.75, 3.05) is 0 Å². The number of nitrogens with two attached hydrogens (primary N) is 1. The van der Waals surface area contributed by atoms with E-state index < -0.39 is 12.0 Å². The van der Waals surface area contributed by atoms with Gasteiger partial charge in [-0.05, 0) is 24.0 Å². The van der Waals surface area contributed by atoms with Crippen molar-refractivity contribution in [2.45, 2.75) is 18.9 Å². The van der Waals surface area contributed by atoms with Crippen LogP contribution >= 0.6 is 0 Å². The van der Waals surface area contributed by atoms with Crippen molar-refractivity contribution in [3.05, 3.63) is 48.0 Å². The molecule has 1 rings (SSSR count). The lowest BCUT2D eigenvalue weighted by atomic mass is 10.0. The quantitative estimate of drug-likeness (QED) is 0.713. The lowest BCUT2D eigenvalue weighted by Crippen LogP contribution is -2.32. The van der Waals surface area contributed by atoms with Crippen LogP contribution in [0.15, 0.2) is 36.9 Å². The van der Waals surface area contributed by atoms with Crippen LogP contribution in [0.3, 0.4) is 0 Å². The fourth-order valence-corrected chi connectivity index (χ4v) is 1.39. The van der Waals surface area contributed by atoms with Crippen LogP contribution < -0.4 is 5.73 Å². The third kappa shape index (κ3) is 3.56. The highest BCUT2D eigenvalue weighted by molar-refractivity contribution is 5.73. The summed E-state index contributed by atoms with van der Waals surface area (Å²) in [6, 6.07) is 6.91. The molecule has 1 aromatic rings. The maximum Gasteiger partial charge on any atom is 0.320 e. The minimum Gasteiger partial charge on any atom is -0.480 e. The van der Waals surface area contributed by atoms with Crippen LogP contribution in [0.5, 0.6) is 0 Å². The highest BCUT2D eigenvalue weighted by Crippen LogP contribution is 2.08. The van der Waals surface area contributed by atoms with Crippen LogP contribution in [0, 0.1) is 0 Å². The van der Waals surface area contributed by atoms with Gasteiger partial charge in [0.1, 0.15) is 6.04 Å². The summed E-state index contributed by atoms with van der Waals surface area (Å²) in [7, 11) is 0. The normalized spacial score (nSPS) is 12.1. The molecule has 1 aromatic carbocycles. The van der Waals surface area contributed by atoms with Crippen LogP contribution in [0.25, 0.3) is 0 Å². The molecule has 0 aliphatic heterocycles. The Bertz CT molecular complexity index is 360. The molecule has 3 heteroatoms. The van der Waals surface area contributed by atoms with E-state index in [-0.39, 0.29) is 0 Å². The molecule has 0 bridgehead atoms. The lowest BCUT2D eigenvalue weighted by molar-refractivity contribution is -0.138. The van der Waals surface area contributed by atoms with E-state index in [0.29, 0.717) is 6.42 Å². The van der Waals surface area contributed by atoms with E-state index in [1.807, 2.05) is 30.3 Å². The standard InChI is InChI=1S/C12H15NO2/c1-2-4-9-5-3-6-10(7-9)8-11(13)12(14)15/h2-3,5-7,11H,1,4,8,13H2,(H,14,15)/t11-/m1/s1. The molecule has 3 nitrogen and oxygen atoms in total. The largest absolute Gasteiger partial charge is 0.480 e. The van der Waals surface area contributed by atoms with E-state index in [1.54, 1.807) is 0 Å². The number of rotatable bonds is 5. The van der Waals surface area contributed by atoms with Gasteiger partial charge in [-0.15, -0.1) is 6.58 Å². The predicted molar refractivity (Wildman–Crippen MR) is 59.7 cm³/mol. The Labute approximate surface area is 89.2 Å². The molecule has 0 aliphatic carbocycles. The van der Waals surface area contributed by atoms with Gasteiger partial charge in [0.2, 0.25) is 0 Å². The van der Waals surface area contributed by atoms with E-state index in [1.165, 1.54) is 0 Å². The second-order valence-corrected chi connectivity index (χ2v) is 3.46. The average Bonchev–Trinajstić information content (AvgIpc) is 2.18. The van der Waals surface area contributed by atoms with Crippen molar-refractivity contribution in [2.24, 2.45) is 5.73 Å². The third-order valence-electron chi connectivity index (χ3n) is 2.14. The zero-order chi connectivity index (χ0) is 11.3. The van der Waals surface area contributed by atoms with Gasteiger partial charge >= 0.3 is 5.97 Å². The Balaban J connectivity index is 2.72. The maximum absolute atomic E-state index is 10.6. The Morgan fingerprint density at radius 1 is 1.53 bits per heavy atom. The van der Waals surface area contributed by atoms with E-state index in [4.69, 9.17) is 10.8 Å². The van der Waals surface area contributed by atoms with Crippen molar-refractivity contribution in [3.8, 4) is 0 Å². The molecular weight excluding hydrogens is 190 g/mol. The smallest absolute Gasteiger partial charge is 0.320 e. The molecule has 0 spiro atoms. The number of carboxylic acids is 1. The number of carboxylic acid groups (broad SMARTS) is 1. The maximum atomic E-state index is 10.6. The minimum absolute atomic E-state index is 0.361. The van der Waals surface area contributed by atoms with Gasteiger partial charge in [-0.25, -0.2) is 0 Å². The van der Waals surface area contributed by atoms with Gasteiger partial charge in [0.25, 0.3) is 0 Å². The van der Waals surface area contributed by atoms with Gasteiger partial charge in [-0.2, -0.15) is 0 Å². The van der Waals surface area contributed by atoms with E-state index in [0.717, 1.165) is 17.5 Å². The second kappa shape index (κ2) is 5.32. The molecule has 80 valence electrons. The van der Waals surface area contributed by atoms with Gasteiger partial charge in [-0.1, -0.05) is 30.3 Å². The van der Waals surface area contributed by atoms with Gasteiger partial charge in [0.15, 0.2) is 0 Å². The van der Waals surface area contributed by atoms with Crippen molar-refractivity contribution in [1.29, 1.82) is 0 Å². The number of carbonyl (C=O) groups is 1. The van der Waals surface area contributed by atoms with Crippen molar-refractivity contribution < 1.29 is 9.90 Å². The molecule has 1 atom stereocenters. The number of hydrogen-bond acceptors (Lipinski definition) is 2. The summed E-state index contributed by atoms with van der Waals surface area (Å²) in [4.78, 5) is 10.6. The first-order valence-electron chi connectivity index (χ1n) is 4.80. The van der Waals surface area contributed by atoms with Crippen molar-refractivity contribution in [1.82, 2.24) is 0 Å². The highest BCUT2D eigenvalue weighted by Gasteiger charge is 2.11. The lowest BCUT2D eigenvalue weighted by Gasteiger charge is -2.07. The summed E-state index contributed by atoms with van der Waals surface area (Å²) in [6.45, 7) is 3.66. The molecule has 0 unspecified atom stereocenters. The third-order valence-corrected chi connectivity index (χ3v) is 2.14. The van der Waals surface area contributed by atoms with Crippen LogP contribution in [0.1, 0.15) is 11.1 Å². The number of aliphatic carboxylic acids is 1. The second-order valence-electron chi connectivity index (χ2n) is 3.46. The van der Waals surface area contributed by atoms with Crippen LogP contribution in [-0.4, -0.2) is 17.1 Å². The monoisotopic (exact) mass is 205 g/mol. The molecule has 0 saturated carbocycles. The summed E-state index contributed by atoms with van der Waals surface area (Å²) < 4.78 is 0.